The van der Waals surface area contributed by atoms with Crippen molar-refractivity contribution in [3.05, 3.63) is 34.4 Å². The van der Waals surface area contributed by atoms with Crippen LogP contribution in [-0.2, 0) is 0 Å². The van der Waals surface area contributed by atoms with Crippen molar-refractivity contribution >= 4 is 54.7 Å². The Morgan fingerprint density at radius 1 is 1.26 bits per heavy atom. The highest BCUT2D eigenvalue weighted by molar-refractivity contribution is 7.23. The Bertz CT molecular complexity index is 2000. The molecule has 9 rings (SSSR count). The molecule has 0 saturated carbocycles. The number of rotatable bonds is 4. The van der Waals surface area contributed by atoms with Crippen LogP contribution in [0, 0.1) is 28.9 Å². The van der Waals surface area contributed by atoms with Crippen LogP contribution in [-0.4, -0.2) is 71.4 Å². The Morgan fingerprint density at radius 2 is 2.13 bits per heavy atom. The van der Waals surface area contributed by atoms with Crippen LogP contribution in [0.25, 0.3) is 32.1 Å². The van der Waals surface area contributed by atoms with Gasteiger partial charge in [0.2, 0.25) is 0 Å². The van der Waals surface area contributed by atoms with Gasteiger partial charge in [0.15, 0.2) is 11.6 Å². The van der Waals surface area contributed by atoms with Crippen LogP contribution in [0.2, 0.25) is 5.02 Å². The molecule has 5 aliphatic rings. The predicted molar refractivity (Wildman–Crippen MR) is 174 cm³/mol. The molecule has 4 fully saturated rings. The molecule has 0 radical (unpaired) electrons. The minimum atomic E-state index is -0.714. The number of nitriles is 1. The van der Waals surface area contributed by atoms with E-state index >= 15 is 4.39 Å². The van der Waals surface area contributed by atoms with Gasteiger partial charge in [-0.1, -0.05) is 24.6 Å². The third-order valence-corrected chi connectivity index (χ3v) is 12.2. The Balaban J connectivity index is 1.26. The number of fused-ring (bicyclic) bond motifs is 7. The molecule has 2 aromatic heterocycles. The molecular weight excluding hydrogens is 632 g/mol. The molecular formula is C33H32ClF2N7O2S. The van der Waals surface area contributed by atoms with E-state index in [1.165, 1.54) is 12.1 Å². The molecule has 5 aliphatic heterocycles. The summed E-state index contributed by atoms with van der Waals surface area (Å²) in [6.07, 6.45) is 5.23. The van der Waals surface area contributed by atoms with E-state index in [0.717, 1.165) is 56.5 Å². The van der Waals surface area contributed by atoms with Crippen molar-refractivity contribution in [2.75, 3.05) is 43.5 Å². The fraction of sp³-hybridized carbons (Fsp3) is 0.485. The first-order valence-electron chi connectivity index (χ1n) is 15.9. The van der Waals surface area contributed by atoms with E-state index in [2.05, 4.69) is 28.1 Å². The van der Waals surface area contributed by atoms with Crippen molar-refractivity contribution in [2.45, 2.75) is 62.7 Å². The van der Waals surface area contributed by atoms with E-state index in [4.69, 9.17) is 36.8 Å². The summed E-state index contributed by atoms with van der Waals surface area (Å²) in [7, 11) is 0. The van der Waals surface area contributed by atoms with E-state index in [1.54, 1.807) is 0 Å². The summed E-state index contributed by atoms with van der Waals surface area (Å²) in [4.78, 5) is 14.4. The zero-order valence-electron chi connectivity index (χ0n) is 25.2. The van der Waals surface area contributed by atoms with Gasteiger partial charge in [-0.05, 0) is 56.2 Å². The quantitative estimate of drug-likeness (QED) is 0.278. The first-order valence-corrected chi connectivity index (χ1v) is 17.1. The minimum absolute atomic E-state index is 0.0145. The largest absolute Gasteiger partial charge is 0.489 e. The summed E-state index contributed by atoms with van der Waals surface area (Å²) in [6.45, 7) is 5.77. The van der Waals surface area contributed by atoms with Gasteiger partial charge < -0.3 is 25.4 Å². The first kappa shape index (κ1) is 28.7. The topological polar surface area (TPSA) is 113 Å². The molecule has 4 saturated heterocycles. The average Bonchev–Trinajstić information content (AvgIpc) is 3.76. The molecule has 2 aromatic carbocycles. The van der Waals surface area contributed by atoms with Gasteiger partial charge in [0.05, 0.1) is 32.3 Å². The number of halogens is 3. The van der Waals surface area contributed by atoms with Crippen LogP contribution in [0.4, 0.5) is 19.6 Å². The molecule has 13 heteroatoms. The second-order valence-corrected chi connectivity index (χ2v) is 15.0. The zero-order valence-corrected chi connectivity index (χ0v) is 26.8. The van der Waals surface area contributed by atoms with E-state index in [9.17, 15) is 9.65 Å². The maximum Gasteiger partial charge on any atom is 0.319 e. The number of ether oxygens (including phenoxy) is 2. The number of benzene rings is 2. The van der Waals surface area contributed by atoms with Gasteiger partial charge in [-0.2, -0.15) is 15.2 Å². The molecule has 0 spiro atoms. The fourth-order valence-electron chi connectivity index (χ4n) is 8.92. The molecule has 46 heavy (non-hydrogen) atoms. The molecule has 5 atom stereocenters. The van der Waals surface area contributed by atoms with Crippen molar-refractivity contribution in [3.63, 3.8) is 0 Å². The highest BCUT2D eigenvalue weighted by atomic mass is 35.5. The highest BCUT2D eigenvalue weighted by Crippen LogP contribution is 2.52. The first-order chi connectivity index (χ1) is 22.3. The molecule has 9 nitrogen and oxygen atoms in total. The number of aromatic nitrogens is 2. The van der Waals surface area contributed by atoms with E-state index in [-0.39, 0.29) is 77.7 Å². The lowest BCUT2D eigenvalue weighted by Crippen LogP contribution is -2.60. The number of nitrogen functional groups attached to an aromatic ring is 1. The van der Waals surface area contributed by atoms with Gasteiger partial charge in [0.1, 0.15) is 41.4 Å². The number of hydrogen-bond acceptors (Lipinski definition) is 10. The van der Waals surface area contributed by atoms with Crippen LogP contribution in [0.5, 0.6) is 11.8 Å². The number of thiophene rings is 1. The van der Waals surface area contributed by atoms with Gasteiger partial charge >= 0.3 is 6.01 Å². The monoisotopic (exact) mass is 663 g/mol. The third kappa shape index (κ3) is 4.01. The lowest BCUT2D eigenvalue weighted by Gasteiger charge is -2.40. The van der Waals surface area contributed by atoms with Crippen LogP contribution in [0.15, 0.2) is 12.1 Å². The highest BCUT2D eigenvalue weighted by Gasteiger charge is 2.48. The van der Waals surface area contributed by atoms with E-state index in [1.807, 2.05) is 0 Å². The molecule has 238 valence electrons. The standard InChI is InChI=1S/C33H32ClF2N7O2S/c1-15-9-33(7-2-8-42(33)11-15)14-45-32-40-27-24-28(44-13-21-20-6-3-16(39-20)12-43(21)31(24)41-32)25(34)23(26(27)36)17-4-5-19(35)29-22(17)18(10-37)30(38)46-29/h4-5,15-16,20-21,39H,2-3,6-9,11-14,38H2,1H3/t15-,16+,20-,21+,33-/m0/s1. The summed E-state index contributed by atoms with van der Waals surface area (Å²) >= 11 is 8.04. The summed E-state index contributed by atoms with van der Waals surface area (Å²) < 4.78 is 45.3. The van der Waals surface area contributed by atoms with Crippen molar-refractivity contribution < 1.29 is 18.3 Å². The molecule has 0 amide bonds. The molecule has 2 bridgehead atoms. The van der Waals surface area contributed by atoms with Gasteiger partial charge in [-0.3, -0.25) is 4.90 Å². The zero-order chi connectivity index (χ0) is 31.5. The Morgan fingerprint density at radius 3 is 2.98 bits per heavy atom. The minimum Gasteiger partial charge on any atom is -0.489 e. The van der Waals surface area contributed by atoms with Crippen molar-refractivity contribution in [1.29, 1.82) is 5.26 Å². The second kappa shape index (κ2) is 10.2. The van der Waals surface area contributed by atoms with Gasteiger partial charge in [0, 0.05) is 36.1 Å². The summed E-state index contributed by atoms with van der Waals surface area (Å²) in [5.41, 5.74) is 6.36. The lowest BCUT2D eigenvalue weighted by molar-refractivity contribution is 0.107. The predicted octanol–water partition coefficient (Wildman–Crippen LogP) is 5.85. The Kier molecular flexibility index (Phi) is 6.39. The number of piperazine rings is 1. The maximum absolute atomic E-state index is 17.2. The molecule has 0 aliphatic carbocycles. The SMILES string of the molecule is C[C@@H]1CN2CCC[C@@]2(COc2nc3c4c(c(Cl)c(-c5ccc(F)c6sc(N)c(C#N)c56)c(F)c4n2)OC[C@@H]2[C@@H]4CC[C@H](CN32)N4)C1. The molecule has 7 heterocycles. The smallest absolute Gasteiger partial charge is 0.319 e. The van der Waals surface area contributed by atoms with Gasteiger partial charge in [-0.15, -0.1) is 11.3 Å². The van der Waals surface area contributed by atoms with E-state index in [0.29, 0.717) is 36.9 Å². The van der Waals surface area contributed by atoms with Gasteiger partial charge in [-0.25, -0.2) is 8.78 Å². The normalized spacial score (nSPS) is 28.3. The number of hydrogen-bond donors (Lipinski definition) is 2. The van der Waals surface area contributed by atoms with Crippen molar-refractivity contribution in [1.82, 2.24) is 20.2 Å². The lowest BCUT2D eigenvalue weighted by atomic mass is 9.92. The summed E-state index contributed by atoms with van der Waals surface area (Å²) in [5.74, 6) is 0.121. The van der Waals surface area contributed by atoms with Crippen molar-refractivity contribution in [2.24, 2.45) is 5.92 Å². The maximum atomic E-state index is 17.2. The van der Waals surface area contributed by atoms with Crippen LogP contribution < -0.4 is 25.4 Å². The summed E-state index contributed by atoms with van der Waals surface area (Å²) in [6, 6.07) is 5.26. The van der Waals surface area contributed by atoms with Crippen LogP contribution in [0.3, 0.4) is 0 Å². The number of nitrogens with zero attached hydrogens (tertiary/aromatic N) is 5. The Hall–Kier alpha value is -3.50. The van der Waals surface area contributed by atoms with Crippen LogP contribution in [0.1, 0.15) is 44.6 Å². The fourth-order valence-corrected chi connectivity index (χ4v) is 10.2. The third-order valence-electron chi connectivity index (χ3n) is 10.8. The van der Waals surface area contributed by atoms with Crippen LogP contribution >= 0.6 is 22.9 Å². The van der Waals surface area contributed by atoms with E-state index < -0.39 is 11.6 Å². The number of nitrogens with two attached hydrogens (primary N) is 1. The molecule has 3 N–H and O–H groups in total. The number of nitrogens with one attached hydrogen (secondary N) is 1. The average molecular weight is 664 g/mol. The summed E-state index contributed by atoms with van der Waals surface area (Å²) in [5, 5.41) is 14.4. The van der Waals surface area contributed by atoms with Crippen molar-refractivity contribution in [3.8, 4) is 29.0 Å². The molecule has 4 aromatic rings. The second-order valence-electron chi connectivity index (χ2n) is 13.6. The Labute approximate surface area is 273 Å². The number of anilines is 2. The van der Waals surface area contributed by atoms with Gasteiger partial charge in [0.25, 0.3) is 0 Å². The molecule has 0 unspecified atom stereocenters.